The van der Waals surface area contributed by atoms with Crippen LogP contribution in [0.5, 0.6) is 0 Å². The van der Waals surface area contributed by atoms with Gasteiger partial charge in [-0.3, -0.25) is 4.90 Å². The number of hydrogen-bond donors (Lipinski definition) is 2. The van der Waals surface area contributed by atoms with Crippen LogP contribution in [-0.2, 0) is 9.53 Å². The lowest BCUT2D eigenvalue weighted by atomic mass is 9.94. The van der Waals surface area contributed by atoms with Crippen LogP contribution in [0.2, 0.25) is 0 Å². The number of nitrogens with zero attached hydrogens (tertiary/aromatic N) is 1. The molecule has 1 aromatic carbocycles. The number of carbonyl (C=O) groups is 2. The second-order valence-electron chi connectivity index (χ2n) is 6.60. The summed E-state index contributed by atoms with van der Waals surface area (Å²) in [6.45, 7) is 8.57. The summed E-state index contributed by atoms with van der Waals surface area (Å²) in [4.78, 5) is 27.0. The maximum Gasteiger partial charge on any atom is 0.338 e. The van der Waals surface area contributed by atoms with Crippen LogP contribution in [0.25, 0.3) is 0 Å². The van der Waals surface area contributed by atoms with Gasteiger partial charge in [0, 0.05) is 12.2 Å². The van der Waals surface area contributed by atoms with Crippen LogP contribution in [0.1, 0.15) is 43.9 Å². The molecule has 0 fully saturated rings. The number of rotatable bonds is 8. The van der Waals surface area contributed by atoms with Crippen molar-refractivity contribution in [1.29, 1.82) is 0 Å². The summed E-state index contributed by atoms with van der Waals surface area (Å²) in [5.41, 5.74) is 3.07. The van der Waals surface area contributed by atoms with Gasteiger partial charge in [-0.1, -0.05) is 43.7 Å². The van der Waals surface area contributed by atoms with Crippen LogP contribution in [-0.4, -0.2) is 43.6 Å². The minimum absolute atomic E-state index is 0.300. The smallest absolute Gasteiger partial charge is 0.338 e. The molecule has 1 heterocycles. The third kappa shape index (κ3) is 4.85. The van der Waals surface area contributed by atoms with E-state index in [0.29, 0.717) is 17.8 Å². The highest BCUT2D eigenvalue weighted by Gasteiger charge is 2.33. The maximum absolute atomic E-state index is 12.5. The second kappa shape index (κ2) is 9.38. The molecule has 1 aliphatic rings. The Balaban J connectivity index is 2.44. The molecule has 1 aliphatic heterocycles. The Bertz CT molecular complexity index is 661. The summed E-state index contributed by atoms with van der Waals surface area (Å²) in [6, 6.07) is 6.99. The van der Waals surface area contributed by atoms with Gasteiger partial charge in [-0.25, -0.2) is 9.59 Å². The van der Waals surface area contributed by atoms with Gasteiger partial charge in [0.05, 0.1) is 18.7 Å². The summed E-state index contributed by atoms with van der Waals surface area (Å²) in [5.74, 6) is -0.425. The molecule has 0 saturated heterocycles. The Morgan fingerprint density at radius 2 is 1.77 bits per heavy atom. The highest BCUT2D eigenvalue weighted by atomic mass is 16.5. The highest BCUT2D eigenvalue weighted by Crippen LogP contribution is 2.28. The van der Waals surface area contributed by atoms with Gasteiger partial charge in [0.25, 0.3) is 0 Å². The highest BCUT2D eigenvalue weighted by molar-refractivity contribution is 5.95. The predicted molar refractivity (Wildman–Crippen MR) is 102 cm³/mol. The van der Waals surface area contributed by atoms with Gasteiger partial charge in [-0.05, 0) is 38.4 Å². The van der Waals surface area contributed by atoms with E-state index in [1.807, 2.05) is 31.2 Å². The molecule has 1 atom stereocenters. The summed E-state index contributed by atoms with van der Waals surface area (Å²) in [6.07, 6.45) is 2.02. The Labute approximate surface area is 155 Å². The molecule has 0 spiro atoms. The SMILES string of the molecule is CCCN(CCC)CC1=C(C(=O)OC)C(c2ccc(C)cc2)NC(=O)N1. The fraction of sp³-hybridized carbons (Fsp3) is 0.500. The van der Waals surface area contributed by atoms with Crippen molar-refractivity contribution in [2.75, 3.05) is 26.7 Å². The van der Waals surface area contributed by atoms with E-state index in [1.54, 1.807) is 0 Å². The van der Waals surface area contributed by atoms with Gasteiger partial charge in [0.15, 0.2) is 0 Å². The first-order chi connectivity index (χ1) is 12.5. The van der Waals surface area contributed by atoms with E-state index in [9.17, 15) is 9.59 Å². The zero-order valence-corrected chi connectivity index (χ0v) is 16.1. The number of carbonyl (C=O) groups excluding carboxylic acids is 2. The topological polar surface area (TPSA) is 70.7 Å². The molecule has 6 nitrogen and oxygen atoms in total. The number of aryl methyl sites for hydroxylation is 1. The quantitative estimate of drug-likeness (QED) is 0.700. The molecule has 1 aromatic rings. The van der Waals surface area contributed by atoms with E-state index in [-0.39, 0.29) is 6.03 Å². The lowest BCUT2D eigenvalue weighted by Gasteiger charge is -2.32. The molecule has 0 aliphatic carbocycles. The van der Waals surface area contributed by atoms with E-state index < -0.39 is 12.0 Å². The van der Waals surface area contributed by atoms with Crippen molar-refractivity contribution < 1.29 is 14.3 Å². The van der Waals surface area contributed by atoms with Gasteiger partial charge in [-0.15, -0.1) is 0 Å². The average Bonchev–Trinajstić information content (AvgIpc) is 2.61. The van der Waals surface area contributed by atoms with E-state index in [2.05, 4.69) is 29.4 Å². The van der Waals surface area contributed by atoms with E-state index in [0.717, 1.165) is 37.1 Å². The molecular weight excluding hydrogens is 330 g/mol. The van der Waals surface area contributed by atoms with Crippen molar-refractivity contribution in [3.05, 3.63) is 46.7 Å². The fourth-order valence-corrected chi connectivity index (χ4v) is 3.23. The Hall–Kier alpha value is -2.34. The predicted octanol–water partition coefficient (Wildman–Crippen LogP) is 2.90. The molecule has 26 heavy (non-hydrogen) atoms. The van der Waals surface area contributed by atoms with E-state index in [4.69, 9.17) is 4.74 Å². The molecule has 0 bridgehead atoms. The van der Waals surface area contributed by atoms with Crippen molar-refractivity contribution >= 4 is 12.0 Å². The Morgan fingerprint density at radius 3 is 2.31 bits per heavy atom. The van der Waals surface area contributed by atoms with Crippen LogP contribution >= 0.6 is 0 Å². The molecule has 0 radical (unpaired) electrons. The number of esters is 1. The zero-order chi connectivity index (χ0) is 19.1. The number of amides is 2. The number of hydrogen-bond acceptors (Lipinski definition) is 4. The number of urea groups is 1. The van der Waals surface area contributed by atoms with Crippen LogP contribution in [0, 0.1) is 6.92 Å². The van der Waals surface area contributed by atoms with Crippen molar-refractivity contribution in [2.24, 2.45) is 0 Å². The van der Waals surface area contributed by atoms with Crippen molar-refractivity contribution in [3.63, 3.8) is 0 Å². The standard InChI is InChI=1S/C20H29N3O3/c1-5-11-23(12-6-2)13-16-17(19(24)26-4)18(22-20(25)21-16)15-9-7-14(3)8-10-15/h7-10,18H,5-6,11-13H2,1-4H3,(H2,21,22,25). The van der Waals surface area contributed by atoms with Crippen LogP contribution in [0.3, 0.4) is 0 Å². The maximum atomic E-state index is 12.5. The van der Waals surface area contributed by atoms with Crippen LogP contribution < -0.4 is 10.6 Å². The van der Waals surface area contributed by atoms with Gasteiger partial charge in [0.2, 0.25) is 0 Å². The molecule has 142 valence electrons. The third-order valence-corrected chi connectivity index (χ3v) is 4.43. The molecule has 1 unspecified atom stereocenters. The minimum Gasteiger partial charge on any atom is -0.466 e. The van der Waals surface area contributed by atoms with E-state index in [1.165, 1.54) is 7.11 Å². The summed E-state index contributed by atoms with van der Waals surface area (Å²) in [7, 11) is 1.37. The molecule has 2 amide bonds. The average molecular weight is 359 g/mol. The Kier molecular flexibility index (Phi) is 7.21. The normalized spacial score (nSPS) is 17.1. The second-order valence-corrected chi connectivity index (χ2v) is 6.60. The monoisotopic (exact) mass is 359 g/mol. The minimum atomic E-state index is -0.517. The first-order valence-corrected chi connectivity index (χ1v) is 9.17. The van der Waals surface area contributed by atoms with Gasteiger partial charge >= 0.3 is 12.0 Å². The molecule has 0 saturated carbocycles. The zero-order valence-electron chi connectivity index (χ0n) is 16.1. The summed E-state index contributed by atoms with van der Waals surface area (Å²) in [5, 5.41) is 5.68. The number of nitrogens with one attached hydrogen (secondary N) is 2. The van der Waals surface area contributed by atoms with Gasteiger partial charge in [-0.2, -0.15) is 0 Å². The van der Waals surface area contributed by atoms with E-state index >= 15 is 0 Å². The van der Waals surface area contributed by atoms with Crippen molar-refractivity contribution in [3.8, 4) is 0 Å². The number of ether oxygens (including phenoxy) is 1. The Morgan fingerprint density at radius 1 is 1.15 bits per heavy atom. The molecule has 0 aromatic heterocycles. The van der Waals surface area contributed by atoms with Gasteiger partial charge < -0.3 is 15.4 Å². The molecule has 2 rings (SSSR count). The largest absolute Gasteiger partial charge is 0.466 e. The van der Waals surface area contributed by atoms with Crippen molar-refractivity contribution in [1.82, 2.24) is 15.5 Å². The fourth-order valence-electron chi connectivity index (χ4n) is 3.23. The van der Waals surface area contributed by atoms with Crippen LogP contribution in [0.4, 0.5) is 4.79 Å². The first kappa shape index (κ1) is 20.0. The summed E-state index contributed by atoms with van der Waals surface area (Å²) >= 11 is 0. The summed E-state index contributed by atoms with van der Waals surface area (Å²) < 4.78 is 5.03. The van der Waals surface area contributed by atoms with Gasteiger partial charge in [0.1, 0.15) is 0 Å². The number of methoxy groups -OCH3 is 1. The lowest BCUT2D eigenvalue weighted by Crippen LogP contribution is -2.48. The molecule has 2 N–H and O–H groups in total. The third-order valence-electron chi connectivity index (χ3n) is 4.43. The van der Waals surface area contributed by atoms with Crippen LogP contribution in [0.15, 0.2) is 35.5 Å². The first-order valence-electron chi connectivity index (χ1n) is 9.17. The lowest BCUT2D eigenvalue weighted by molar-refractivity contribution is -0.136. The number of benzene rings is 1. The van der Waals surface area contributed by atoms with Crippen molar-refractivity contribution in [2.45, 2.75) is 39.7 Å². The molecular formula is C20H29N3O3. The molecule has 6 heteroatoms.